The molecular weight excluding hydrogens is 467 g/mol. The maximum absolute atomic E-state index is 12.5. The molecule has 1 aromatic heterocycles. The zero-order valence-corrected chi connectivity index (χ0v) is 19.3. The number of amides is 1. The molecule has 4 aromatic rings. The van der Waals surface area contributed by atoms with Gasteiger partial charge in [-0.1, -0.05) is 41.0 Å². The van der Waals surface area contributed by atoms with E-state index in [1.165, 1.54) is 11.8 Å². The van der Waals surface area contributed by atoms with E-state index in [0.717, 1.165) is 17.0 Å². The Balaban J connectivity index is 1.60. The molecule has 4 rings (SSSR count). The van der Waals surface area contributed by atoms with E-state index in [9.17, 15) is 4.79 Å². The summed E-state index contributed by atoms with van der Waals surface area (Å²) < 4.78 is 7.14. The largest absolute Gasteiger partial charge is 0.497 e. The fraction of sp³-hybridized carbons (Fsp3) is 0.0870. The molecule has 1 amide bonds. The van der Waals surface area contributed by atoms with Crippen molar-refractivity contribution in [3.8, 4) is 22.8 Å². The predicted octanol–water partition coefficient (Wildman–Crippen LogP) is 5.98. The number of aromatic nitrogens is 3. The van der Waals surface area contributed by atoms with Crippen LogP contribution in [0.25, 0.3) is 17.1 Å². The number of hydrogen-bond acceptors (Lipinski definition) is 5. The molecule has 0 aliphatic heterocycles. The van der Waals surface area contributed by atoms with Gasteiger partial charge in [-0.2, -0.15) is 0 Å². The van der Waals surface area contributed by atoms with Gasteiger partial charge in [-0.05, 0) is 66.7 Å². The number of methoxy groups -OCH3 is 1. The van der Waals surface area contributed by atoms with Crippen molar-refractivity contribution in [2.75, 3.05) is 18.2 Å². The molecule has 6 nitrogen and oxygen atoms in total. The molecule has 0 spiro atoms. The Morgan fingerprint density at radius 3 is 2.44 bits per heavy atom. The summed E-state index contributed by atoms with van der Waals surface area (Å²) in [6, 6.07) is 21.9. The van der Waals surface area contributed by atoms with Crippen LogP contribution in [0.15, 0.2) is 78.0 Å². The molecule has 0 saturated heterocycles. The van der Waals surface area contributed by atoms with Crippen LogP contribution < -0.4 is 10.1 Å². The number of anilines is 1. The second-order valence-electron chi connectivity index (χ2n) is 6.69. The van der Waals surface area contributed by atoms with Crippen molar-refractivity contribution in [2.45, 2.75) is 5.16 Å². The minimum absolute atomic E-state index is 0.154. The lowest BCUT2D eigenvalue weighted by Crippen LogP contribution is -2.14. The molecule has 32 heavy (non-hydrogen) atoms. The van der Waals surface area contributed by atoms with Crippen molar-refractivity contribution < 1.29 is 9.53 Å². The van der Waals surface area contributed by atoms with Crippen molar-refractivity contribution in [1.82, 2.24) is 14.8 Å². The quantitative estimate of drug-likeness (QED) is 0.326. The number of nitrogens with one attached hydrogen (secondary N) is 1. The van der Waals surface area contributed by atoms with Crippen LogP contribution in [-0.2, 0) is 4.79 Å². The summed E-state index contributed by atoms with van der Waals surface area (Å²) in [5.74, 6) is 1.38. The molecule has 1 N–H and O–H groups in total. The van der Waals surface area contributed by atoms with E-state index in [0.29, 0.717) is 26.7 Å². The second-order valence-corrected chi connectivity index (χ2v) is 8.51. The highest BCUT2D eigenvalue weighted by molar-refractivity contribution is 7.99. The van der Waals surface area contributed by atoms with Gasteiger partial charge < -0.3 is 10.1 Å². The van der Waals surface area contributed by atoms with Crippen LogP contribution in [0, 0.1) is 0 Å². The first-order valence-electron chi connectivity index (χ1n) is 9.57. The lowest BCUT2D eigenvalue weighted by atomic mass is 10.2. The normalized spacial score (nSPS) is 10.7. The van der Waals surface area contributed by atoms with Crippen LogP contribution in [0.3, 0.4) is 0 Å². The number of carbonyl (C=O) groups excluding carboxylic acids is 1. The molecule has 9 heteroatoms. The minimum atomic E-state index is -0.172. The third kappa shape index (κ3) is 5.24. The number of halogens is 2. The van der Waals surface area contributed by atoms with Gasteiger partial charge >= 0.3 is 0 Å². The molecule has 0 radical (unpaired) electrons. The SMILES string of the molecule is COc1ccc(-c2nnc(SCC(=O)Nc3cccc(Cl)c3)n2-c2ccc(Cl)cc2)cc1. The minimum Gasteiger partial charge on any atom is -0.497 e. The van der Waals surface area contributed by atoms with Crippen molar-refractivity contribution in [3.63, 3.8) is 0 Å². The first-order valence-corrected chi connectivity index (χ1v) is 11.3. The first kappa shape index (κ1) is 22.2. The van der Waals surface area contributed by atoms with Gasteiger partial charge in [0.1, 0.15) is 5.75 Å². The van der Waals surface area contributed by atoms with E-state index in [1.807, 2.05) is 41.0 Å². The van der Waals surface area contributed by atoms with Gasteiger partial charge in [0.25, 0.3) is 0 Å². The summed E-state index contributed by atoms with van der Waals surface area (Å²) in [5, 5.41) is 13.3. The Morgan fingerprint density at radius 2 is 1.75 bits per heavy atom. The highest BCUT2D eigenvalue weighted by Crippen LogP contribution is 2.29. The number of thioether (sulfide) groups is 1. The predicted molar refractivity (Wildman–Crippen MR) is 129 cm³/mol. The third-order valence-electron chi connectivity index (χ3n) is 4.51. The molecule has 3 aromatic carbocycles. The van der Waals surface area contributed by atoms with Crippen molar-refractivity contribution >= 4 is 46.6 Å². The maximum Gasteiger partial charge on any atom is 0.234 e. The fourth-order valence-electron chi connectivity index (χ4n) is 3.01. The molecular formula is C23H18Cl2N4O2S. The van der Waals surface area contributed by atoms with Gasteiger partial charge in [0.05, 0.1) is 12.9 Å². The summed E-state index contributed by atoms with van der Waals surface area (Å²) in [7, 11) is 1.62. The van der Waals surface area contributed by atoms with Crippen molar-refractivity contribution in [1.29, 1.82) is 0 Å². The van der Waals surface area contributed by atoms with Crippen LogP contribution in [0.4, 0.5) is 5.69 Å². The van der Waals surface area contributed by atoms with E-state index in [2.05, 4.69) is 15.5 Å². The van der Waals surface area contributed by atoms with Crippen LogP contribution in [0.5, 0.6) is 5.75 Å². The highest BCUT2D eigenvalue weighted by Gasteiger charge is 2.17. The summed E-state index contributed by atoms with van der Waals surface area (Å²) in [6.45, 7) is 0. The number of carbonyl (C=O) groups is 1. The average molecular weight is 485 g/mol. The second kappa shape index (κ2) is 10.1. The summed E-state index contributed by atoms with van der Waals surface area (Å²) in [5.41, 5.74) is 2.34. The highest BCUT2D eigenvalue weighted by atomic mass is 35.5. The van der Waals surface area contributed by atoms with Gasteiger partial charge in [-0.25, -0.2) is 0 Å². The van der Waals surface area contributed by atoms with Crippen molar-refractivity contribution in [3.05, 3.63) is 82.8 Å². The van der Waals surface area contributed by atoms with Crippen molar-refractivity contribution in [2.24, 2.45) is 0 Å². The zero-order valence-electron chi connectivity index (χ0n) is 17.0. The molecule has 0 aliphatic carbocycles. The molecule has 0 bridgehead atoms. The van der Waals surface area contributed by atoms with Gasteiger partial charge in [0.2, 0.25) is 5.91 Å². The molecule has 0 saturated carbocycles. The standard InChI is InChI=1S/C23H18Cl2N4O2S/c1-31-20-11-5-15(6-12-20)22-27-28-23(29(22)19-9-7-16(24)8-10-19)32-14-21(30)26-18-4-2-3-17(25)13-18/h2-13H,14H2,1H3,(H,26,30). The Bertz CT molecular complexity index is 1230. The Morgan fingerprint density at radius 1 is 1.00 bits per heavy atom. The summed E-state index contributed by atoms with van der Waals surface area (Å²) >= 11 is 13.3. The zero-order chi connectivity index (χ0) is 22.5. The third-order valence-corrected chi connectivity index (χ3v) is 5.92. The fourth-order valence-corrected chi connectivity index (χ4v) is 4.07. The van der Waals surface area contributed by atoms with E-state index in [-0.39, 0.29) is 11.7 Å². The van der Waals surface area contributed by atoms with E-state index in [4.69, 9.17) is 27.9 Å². The topological polar surface area (TPSA) is 69.0 Å². The van der Waals surface area contributed by atoms with Gasteiger partial charge in [0, 0.05) is 27.0 Å². The number of nitrogens with zero attached hydrogens (tertiary/aromatic N) is 3. The van der Waals surface area contributed by atoms with Gasteiger partial charge in [0.15, 0.2) is 11.0 Å². The van der Waals surface area contributed by atoms with E-state index in [1.54, 1.807) is 43.5 Å². The number of ether oxygens (including phenoxy) is 1. The summed E-state index contributed by atoms with van der Waals surface area (Å²) in [6.07, 6.45) is 0. The molecule has 0 aliphatic rings. The van der Waals surface area contributed by atoms with Crippen LogP contribution in [0.2, 0.25) is 10.0 Å². The Kier molecular flexibility index (Phi) is 6.99. The molecule has 0 unspecified atom stereocenters. The smallest absolute Gasteiger partial charge is 0.234 e. The lowest BCUT2D eigenvalue weighted by Gasteiger charge is -2.11. The Hall–Kier alpha value is -3.00. The van der Waals surface area contributed by atoms with E-state index < -0.39 is 0 Å². The molecule has 162 valence electrons. The van der Waals surface area contributed by atoms with Crippen LogP contribution >= 0.6 is 35.0 Å². The number of rotatable bonds is 7. The monoisotopic (exact) mass is 484 g/mol. The maximum atomic E-state index is 12.5. The summed E-state index contributed by atoms with van der Waals surface area (Å²) in [4.78, 5) is 12.5. The molecule has 0 fully saturated rings. The number of benzene rings is 3. The van der Waals surface area contributed by atoms with E-state index >= 15 is 0 Å². The number of hydrogen-bond donors (Lipinski definition) is 1. The van der Waals surface area contributed by atoms with Gasteiger partial charge in [-0.15, -0.1) is 10.2 Å². The van der Waals surface area contributed by atoms with Crippen LogP contribution in [0.1, 0.15) is 0 Å². The lowest BCUT2D eigenvalue weighted by molar-refractivity contribution is -0.113. The first-order chi connectivity index (χ1) is 15.5. The molecule has 0 atom stereocenters. The van der Waals surface area contributed by atoms with Gasteiger partial charge in [-0.3, -0.25) is 9.36 Å². The average Bonchev–Trinajstić information content (AvgIpc) is 3.22. The Labute approximate surface area is 199 Å². The van der Waals surface area contributed by atoms with Crippen LogP contribution in [-0.4, -0.2) is 33.5 Å². The molecule has 1 heterocycles.